The predicted octanol–water partition coefficient (Wildman–Crippen LogP) is 4.48. The Kier molecular flexibility index (Phi) is 6.33. The number of carbonyl (C=O) groups is 2. The quantitative estimate of drug-likeness (QED) is 0.615. The molecule has 2 saturated carbocycles. The fraction of sp³-hybridized carbons (Fsp3) is 0.636. The number of phenols is 2. The number of carbonyl (C=O) groups excluding carboxylic acids is 2. The fourth-order valence-electron chi connectivity index (χ4n) is 4.42. The number of hydrogen-bond acceptors (Lipinski definition) is 4. The van der Waals surface area contributed by atoms with Crippen molar-refractivity contribution in [3.8, 4) is 11.5 Å². The average molecular weight is 358 g/mol. The molecule has 3 rings (SSSR count). The summed E-state index contributed by atoms with van der Waals surface area (Å²) >= 11 is 0. The van der Waals surface area contributed by atoms with E-state index >= 15 is 0 Å². The van der Waals surface area contributed by atoms with E-state index in [0.29, 0.717) is 36.8 Å². The van der Waals surface area contributed by atoms with Gasteiger partial charge in [-0.15, -0.1) is 0 Å². The molecule has 0 aromatic heterocycles. The van der Waals surface area contributed by atoms with Gasteiger partial charge < -0.3 is 10.2 Å². The van der Waals surface area contributed by atoms with E-state index in [0.717, 1.165) is 51.4 Å². The molecule has 2 N–H and O–H groups in total. The smallest absolute Gasteiger partial charge is 0.136 e. The molecule has 2 aliphatic carbocycles. The molecule has 4 nitrogen and oxygen atoms in total. The molecule has 0 heterocycles. The van der Waals surface area contributed by atoms with Crippen LogP contribution in [0.25, 0.3) is 0 Å². The van der Waals surface area contributed by atoms with E-state index in [1.807, 2.05) is 0 Å². The summed E-state index contributed by atoms with van der Waals surface area (Å²) < 4.78 is 0. The first-order chi connectivity index (χ1) is 12.5. The van der Waals surface area contributed by atoms with E-state index in [2.05, 4.69) is 0 Å². The van der Waals surface area contributed by atoms with Gasteiger partial charge in [-0.25, -0.2) is 0 Å². The minimum Gasteiger partial charge on any atom is -0.508 e. The summed E-state index contributed by atoms with van der Waals surface area (Å²) in [6.45, 7) is 0. The molecular formula is C22H30O4. The van der Waals surface area contributed by atoms with Crippen molar-refractivity contribution in [3.05, 3.63) is 23.3 Å². The van der Waals surface area contributed by atoms with Crippen LogP contribution in [-0.2, 0) is 22.4 Å². The summed E-state index contributed by atoms with van der Waals surface area (Å²) in [6, 6.07) is 3.20. The highest BCUT2D eigenvalue weighted by Gasteiger charge is 2.25. The van der Waals surface area contributed by atoms with E-state index in [1.165, 1.54) is 0 Å². The molecule has 0 spiro atoms. The number of hydrogen-bond donors (Lipinski definition) is 2. The third-order valence-electron chi connectivity index (χ3n) is 6.07. The molecule has 0 aliphatic heterocycles. The van der Waals surface area contributed by atoms with Crippen molar-refractivity contribution >= 4 is 11.6 Å². The normalized spacial score (nSPS) is 24.9. The Labute approximate surface area is 155 Å². The third-order valence-corrected chi connectivity index (χ3v) is 6.07. The van der Waals surface area contributed by atoms with Gasteiger partial charge in [-0.1, -0.05) is 25.7 Å². The monoisotopic (exact) mass is 358 g/mol. The molecule has 2 aliphatic rings. The molecular weight excluding hydrogens is 328 g/mol. The van der Waals surface area contributed by atoms with Gasteiger partial charge in [-0.2, -0.15) is 0 Å². The van der Waals surface area contributed by atoms with E-state index in [4.69, 9.17) is 0 Å². The summed E-state index contributed by atoms with van der Waals surface area (Å²) in [4.78, 5) is 24.5. The minimum atomic E-state index is -0.0583. The van der Waals surface area contributed by atoms with Crippen LogP contribution in [0, 0.1) is 11.8 Å². The fourth-order valence-corrected chi connectivity index (χ4v) is 4.42. The second-order valence-corrected chi connectivity index (χ2v) is 8.04. The van der Waals surface area contributed by atoms with Crippen molar-refractivity contribution < 1.29 is 19.8 Å². The van der Waals surface area contributed by atoms with Crippen molar-refractivity contribution in [1.82, 2.24) is 0 Å². The molecule has 26 heavy (non-hydrogen) atoms. The van der Waals surface area contributed by atoms with Crippen LogP contribution in [-0.4, -0.2) is 21.8 Å². The van der Waals surface area contributed by atoms with Crippen molar-refractivity contribution in [1.29, 1.82) is 0 Å². The van der Waals surface area contributed by atoms with Crippen LogP contribution in [0.5, 0.6) is 11.5 Å². The Bertz CT molecular complexity index is 607. The molecule has 2 fully saturated rings. The summed E-state index contributed by atoms with van der Waals surface area (Å²) in [5.41, 5.74) is 1.28. The van der Waals surface area contributed by atoms with Gasteiger partial charge in [0.1, 0.15) is 23.1 Å². The van der Waals surface area contributed by atoms with E-state index in [9.17, 15) is 19.8 Å². The zero-order chi connectivity index (χ0) is 18.5. The standard InChI is InChI=1S/C22H30O4/c23-19-9-5-1-3-7-15(19)11-17-13-22(26)18(14-21(17)25)12-16-8-4-2-6-10-20(16)24/h13-16,25-26H,1-12H2/t15-,16+. The second-order valence-electron chi connectivity index (χ2n) is 8.04. The van der Waals surface area contributed by atoms with Gasteiger partial charge >= 0.3 is 0 Å². The molecule has 2 atom stereocenters. The molecule has 0 saturated heterocycles. The Morgan fingerprint density at radius 3 is 1.54 bits per heavy atom. The van der Waals surface area contributed by atoms with Crippen LogP contribution in [0.2, 0.25) is 0 Å². The van der Waals surface area contributed by atoms with Crippen LogP contribution in [0.1, 0.15) is 75.3 Å². The van der Waals surface area contributed by atoms with Gasteiger partial charge in [0.2, 0.25) is 0 Å². The van der Waals surface area contributed by atoms with Crippen LogP contribution in [0.15, 0.2) is 12.1 Å². The maximum Gasteiger partial charge on any atom is 0.136 e. The van der Waals surface area contributed by atoms with Crippen molar-refractivity contribution in [2.45, 2.75) is 77.0 Å². The van der Waals surface area contributed by atoms with Crippen LogP contribution >= 0.6 is 0 Å². The zero-order valence-corrected chi connectivity index (χ0v) is 15.5. The lowest BCUT2D eigenvalue weighted by Crippen LogP contribution is -2.16. The van der Waals surface area contributed by atoms with Gasteiger partial charge in [0.15, 0.2) is 0 Å². The van der Waals surface area contributed by atoms with Crippen molar-refractivity contribution in [2.75, 3.05) is 0 Å². The SMILES string of the molecule is O=C1CCCCC[C@@H]1Cc1cc(O)c(C[C@@H]2CCCCCC2=O)cc1O. The molecule has 1 aromatic carbocycles. The number of aromatic hydroxyl groups is 2. The molecule has 0 bridgehead atoms. The lowest BCUT2D eigenvalue weighted by molar-refractivity contribution is -0.123. The first kappa shape index (κ1) is 18.9. The van der Waals surface area contributed by atoms with E-state index in [1.54, 1.807) is 12.1 Å². The Morgan fingerprint density at radius 2 is 1.12 bits per heavy atom. The summed E-state index contributed by atoms with van der Waals surface area (Å²) in [5.74, 6) is 0.699. The lowest BCUT2D eigenvalue weighted by Gasteiger charge is -2.17. The summed E-state index contributed by atoms with van der Waals surface area (Å²) in [7, 11) is 0. The molecule has 0 amide bonds. The highest BCUT2D eigenvalue weighted by atomic mass is 16.3. The highest BCUT2D eigenvalue weighted by Crippen LogP contribution is 2.34. The van der Waals surface area contributed by atoms with Crippen LogP contribution < -0.4 is 0 Å². The van der Waals surface area contributed by atoms with E-state index < -0.39 is 0 Å². The lowest BCUT2D eigenvalue weighted by atomic mass is 9.88. The summed E-state index contributed by atoms with van der Waals surface area (Å²) in [6.07, 6.45) is 10.1. The van der Waals surface area contributed by atoms with Crippen molar-refractivity contribution in [2.24, 2.45) is 11.8 Å². The average Bonchev–Trinajstić information content (AvgIpc) is 2.93. The van der Waals surface area contributed by atoms with Gasteiger partial charge in [-0.05, 0) is 61.8 Å². The highest BCUT2D eigenvalue weighted by molar-refractivity contribution is 5.82. The Hall–Kier alpha value is -1.84. The number of phenolic OH excluding ortho intramolecular Hbond substituents is 2. The first-order valence-electron chi connectivity index (χ1n) is 10.1. The van der Waals surface area contributed by atoms with Crippen molar-refractivity contribution in [3.63, 3.8) is 0 Å². The van der Waals surface area contributed by atoms with Gasteiger partial charge in [0.25, 0.3) is 0 Å². The summed E-state index contributed by atoms with van der Waals surface area (Å²) in [5, 5.41) is 20.9. The first-order valence-corrected chi connectivity index (χ1v) is 10.1. The molecule has 4 heteroatoms. The molecule has 0 unspecified atom stereocenters. The van der Waals surface area contributed by atoms with Gasteiger partial charge in [0.05, 0.1) is 0 Å². The number of Topliss-reactive ketones (excluding diaryl/α,β-unsaturated/α-hetero) is 2. The van der Waals surface area contributed by atoms with Gasteiger partial charge in [0, 0.05) is 24.7 Å². The molecule has 1 aromatic rings. The topological polar surface area (TPSA) is 74.6 Å². The maximum atomic E-state index is 12.2. The van der Waals surface area contributed by atoms with E-state index in [-0.39, 0.29) is 34.9 Å². The Morgan fingerprint density at radius 1 is 0.692 bits per heavy atom. The largest absolute Gasteiger partial charge is 0.508 e. The maximum absolute atomic E-state index is 12.2. The second kappa shape index (κ2) is 8.70. The molecule has 142 valence electrons. The number of ketones is 2. The zero-order valence-electron chi connectivity index (χ0n) is 15.5. The van der Waals surface area contributed by atoms with Gasteiger partial charge in [-0.3, -0.25) is 9.59 Å². The third kappa shape index (κ3) is 4.66. The minimum absolute atomic E-state index is 0.0583. The van der Waals surface area contributed by atoms with Crippen LogP contribution in [0.3, 0.4) is 0 Å². The van der Waals surface area contributed by atoms with Crippen LogP contribution in [0.4, 0.5) is 0 Å². The predicted molar refractivity (Wildman–Crippen MR) is 100 cm³/mol. The Balaban J connectivity index is 1.73. The number of benzene rings is 1. The molecule has 0 radical (unpaired) electrons. The number of rotatable bonds is 4.